The summed E-state index contributed by atoms with van der Waals surface area (Å²) in [5, 5.41) is 12.4. The number of para-hydroxylation sites is 1. The van der Waals surface area contributed by atoms with E-state index in [0.29, 0.717) is 17.8 Å². The molecule has 0 bridgehead atoms. The molecule has 2 rings (SSSR count). The van der Waals surface area contributed by atoms with Gasteiger partial charge in [-0.25, -0.2) is 0 Å². The molecule has 1 unspecified atom stereocenters. The maximum Gasteiger partial charge on any atom is 0.238 e. The van der Waals surface area contributed by atoms with E-state index in [-0.39, 0.29) is 23.5 Å². The topological polar surface area (TPSA) is 78.6 Å². The van der Waals surface area contributed by atoms with E-state index in [0.717, 1.165) is 19.4 Å². The van der Waals surface area contributed by atoms with Crippen LogP contribution in [0.3, 0.4) is 0 Å². The standard InChI is InChI=1S/C14H19N3O2S/c15-14(20)11-5-1-2-6-12(11)16-13(19)9-17-7-3-4-10(18)8-17/h1-2,5-6,10,18H,3-4,7-9H2,(H2,15,20)(H,16,19). The van der Waals surface area contributed by atoms with E-state index < -0.39 is 0 Å². The second-order valence-corrected chi connectivity index (χ2v) is 5.43. The summed E-state index contributed by atoms with van der Waals surface area (Å²) in [5.74, 6) is -0.122. The number of aliphatic hydroxyl groups excluding tert-OH is 1. The molecule has 0 radical (unpaired) electrons. The Hall–Kier alpha value is -1.50. The number of nitrogens with two attached hydrogens (primary N) is 1. The number of hydrogen-bond acceptors (Lipinski definition) is 4. The molecule has 1 saturated heterocycles. The first-order chi connectivity index (χ1) is 9.56. The molecule has 1 fully saturated rings. The van der Waals surface area contributed by atoms with E-state index in [4.69, 9.17) is 18.0 Å². The second kappa shape index (κ2) is 6.78. The lowest BCUT2D eigenvalue weighted by atomic mass is 10.1. The van der Waals surface area contributed by atoms with Crippen LogP contribution in [0.25, 0.3) is 0 Å². The van der Waals surface area contributed by atoms with E-state index >= 15 is 0 Å². The first-order valence-corrected chi connectivity index (χ1v) is 7.06. The summed E-state index contributed by atoms with van der Waals surface area (Å²) in [6.07, 6.45) is 1.39. The van der Waals surface area contributed by atoms with Gasteiger partial charge in [-0.1, -0.05) is 24.4 Å². The maximum atomic E-state index is 12.0. The molecule has 1 atom stereocenters. The van der Waals surface area contributed by atoms with Crippen molar-refractivity contribution < 1.29 is 9.90 Å². The molecule has 4 N–H and O–H groups in total. The van der Waals surface area contributed by atoms with Crippen molar-refractivity contribution in [1.82, 2.24) is 4.90 Å². The Morgan fingerprint density at radius 3 is 2.95 bits per heavy atom. The number of nitrogens with one attached hydrogen (secondary N) is 1. The van der Waals surface area contributed by atoms with Crippen LogP contribution in [0.1, 0.15) is 18.4 Å². The van der Waals surface area contributed by atoms with Gasteiger partial charge in [-0.05, 0) is 31.5 Å². The van der Waals surface area contributed by atoms with Gasteiger partial charge in [0.05, 0.1) is 18.3 Å². The average Bonchev–Trinajstić information content (AvgIpc) is 2.38. The second-order valence-electron chi connectivity index (χ2n) is 4.99. The highest BCUT2D eigenvalue weighted by molar-refractivity contribution is 7.80. The summed E-state index contributed by atoms with van der Waals surface area (Å²) < 4.78 is 0. The van der Waals surface area contributed by atoms with Gasteiger partial charge >= 0.3 is 0 Å². The van der Waals surface area contributed by atoms with Crippen molar-refractivity contribution in [2.24, 2.45) is 5.73 Å². The van der Waals surface area contributed by atoms with Gasteiger partial charge in [0.2, 0.25) is 5.91 Å². The average molecular weight is 293 g/mol. The molecule has 1 aromatic carbocycles. The number of nitrogens with zero attached hydrogens (tertiary/aromatic N) is 1. The van der Waals surface area contributed by atoms with Crippen molar-refractivity contribution in [3.63, 3.8) is 0 Å². The number of likely N-dealkylation sites (tertiary alicyclic amines) is 1. The lowest BCUT2D eigenvalue weighted by Crippen LogP contribution is -2.42. The van der Waals surface area contributed by atoms with E-state index in [1.807, 2.05) is 17.0 Å². The molecule has 0 spiro atoms. The van der Waals surface area contributed by atoms with Gasteiger partial charge in [0, 0.05) is 12.1 Å². The van der Waals surface area contributed by atoms with Gasteiger partial charge in [-0.3, -0.25) is 9.69 Å². The number of piperidine rings is 1. The fourth-order valence-electron chi connectivity index (χ4n) is 2.37. The van der Waals surface area contributed by atoms with E-state index in [9.17, 15) is 9.90 Å². The largest absolute Gasteiger partial charge is 0.392 e. The zero-order valence-electron chi connectivity index (χ0n) is 11.2. The predicted molar refractivity (Wildman–Crippen MR) is 82.6 cm³/mol. The lowest BCUT2D eigenvalue weighted by Gasteiger charge is -2.29. The van der Waals surface area contributed by atoms with Crippen LogP contribution in [0.4, 0.5) is 5.69 Å². The SMILES string of the molecule is NC(=S)c1ccccc1NC(=O)CN1CCCC(O)C1. The minimum Gasteiger partial charge on any atom is -0.392 e. The van der Waals surface area contributed by atoms with Gasteiger partial charge in [0.1, 0.15) is 4.99 Å². The quantitative estimate of drug-likeness (QED) is 0.713. The fourth-order valence-corrected chi connectivity index (χ4v) is 2.55. The van der Waals surface area contributed by atoms with Crippen LogP contribution < -0.4 is 11.1 Å². The Morgan fingerprint density at radius 2 is 2.25 bits per heavy atom. The number of carbonyl (C=O) groups is 1. The number of hydrogen-bond donors (Lipinski definition) is 3. The molecular formula is C14H19N3O2S. The van der Waals surface area contributed by atoms with Gasteiger partial charge in [-0.15, -0.1) is 0 Å². The molecule has 5 nitrogen and oxygen atoms in total. The van der Waals surface area contributed by atoms with E-state index in [1.54, 1.807) is 12.1 Å². The number of aliphatic hydroxyl groups is 1. The van der Waals surface area contributed by atoms with Crippen LogP contribution in [-0.2, 0) is 4.79 Å². The van der Waals surface area contributed by atoms with Crippen LogP contribution in [-0.4, -0.2) is 46.6 Å². The zero-order valence-corrected chi connectivity index (χ0v) is 12.0. The van der Waals surface area contributed by atoms with Crippen molar-refractivity contribution in [1.29, 1.82) is 0 Å². The minimum atomic E-state index is -0.333. The summed E-state index contributed by atoms with van der Waals surface area (Å²) in [6.45, 7) is 1.65. The molecule has 0 aromatic heterocycles. The van der Waals surface area contributed by atoms with Gasteiger partial charge in [0.25, 0.3) is 0 Å². The minimum absolute atomic E-state index is 0.122. The van der Waals surface area contributed by atoms with Crippen LogP contribution in [0.5, 0.6) is 0 Å². The first kappa shape index (κ1) is 14.9. The van der Waals surface area contributed by atoms with Gasteiger partial charge in [-0.2, -0.15) is 0 Å². The van der Waals surface area contributed by atoms with Gasteiger partial charge < -0.3 is 16.2 Å². The highest BCUT2D eigenvalue weighted by Crippen LogP contribution is 2.15. The monoisotopic (exact) mass is 293 g/mol. The third-order valence-electron chi connectivity index (χ3n) is 3.31. The lowest BCUT2D eigenvalue weighted by molar-refractivity contribution is -0.118. The van der Waals surface area contributed by atoms with Crippen molar-refractivity contribution in [3.8, 4) is 0 Å². The van der Waals surface area contributed by atoms with Crippen LogP contribution in [0.15, 0.2) is 24.3 Å². The number of anilines is 1. The van der Waals surface area contributed by atoms with E-state index in [2.05, 4.69) is 5.32 Å². The summed E-state index contributed by atoms with van der Waals surface area (Å²) >= 11 is 4.96. The third-order valence-corrected chi connectivity index (χ3v) is 3.53. The zero-order chi connectivity index (χ0) is 14.5. The van der Waals surface area contributed by atoms with Crippen molar-refractivity contribution in [2.45, 2.75) is 18.9 Å². The summed E-state index contributed by atoms with van der Waals surface area (Å²) in [5.41, 5.74) is 6.92. The number of benzene rings is 1. The molecule has 20 heavy (non-hydrogen) atoms. The fraction of sp³-hybridized carbons (Fsp3) is 0.429. The Labute approximate surface area is 123 Å². The van der Waals surface area contributed by atoms with Crippen molar-refractivity contribution in [3.05, 3.63) is 29.8 Å². The van der Waals surface area contributed by atoms with Crippen LogP contribution in [0, 0.1) is 0 Å². The van der Waals surface area contributed by atoms with Crippen molar-refractivity contribution >= 4 is 28.8 Å². The Balaban J connectivity index is 1.96. The molecule has 1 aliphatic heterocycles. The van der Waals surface area contributed by atoms with Crippen LogP contribution >= 0.6 is 12.2 Å². The predicted octanol–water partition coefficient (Wildman–Crippen LogP) is 0.716. The molecular weight excluding hydrogens is 274 g/mol. The van der Waals surface area contributed by atoms with Gasteiger partial charge in [0.15, 0.2) is 0 Å². The van der Waals surface area contributed by atoms with E-state index in [1.165, 1.54) is 0 Å². The number of amides is 1. The van der Waals surface area contributed by atoms with Crippen molar-refractivity contribution in [2.75, 3.05) is 25.0 Å². The first-order valence-electron chi connectivity index (χ1n) is 6.65. The number of rotatable bonds is 4. The Morgan fingerprint density at radius 1 is 1.50 bits per heavy atom. The number of β-amino-alcohol motifs (C(OH)–C–C–N with tert-alkyl or cyclic N) is 1. The smallest absolute Gasteiger partial charge is 0.238 e. The third kappa shape index (κ3) is 4.00. The molecule has 0 aliphatic carbocycles. The molecule has 1 aromatic rings. The maximum absolute atomic E-state index is 12.0. The molecule has 0 saturated carbocycles. The highest BCUT2D eigenvalue weighted by Gasteiger charge is 2.20. The number of thiocarbonyl (C=S) groups is 1. The molecule has 1 amide bonds. The van der Waals surface area contributed by atoms with Crippen LogP contribution in [0.2, 0.25) is 0 Å². The molecule has 1 heterocycles. The highest BCUT2D eigenvalue weighted by atomic mass is 32.1. The molecule has 108 valence electrons. The summed E-state index contributed by atoms with van der Waals surface area (Å²) in [6, 6.07) is 7.20. The summed E-state index contributed by atoms with van der Waals surface area (Å²) in [4.78, 5) is 14.3. The number of carbonyl (C=O) groups excluding carboxylic acids is 1. The molecule has 6 heteroatoms. The molecule has 1 aliphatic rings. The summed E-state index contributed by atoms with van der Waals surface area (Å²) in [7, 11) is 0. The Bertz CT molecular complexity index is 507. The Kier molecular flexibility index (Phi) is 5.05. The normalized spacial score (nSPS) is 19.6.